The van der Waals surface area contributed by atoms with Crippen LogP contribution in [0.2, 0.25) is 0 Å². The molecule has 0 aliphatic heterocycles. The highest BCUT2D eigenvalue weighted by Gasteiger charge is 2.12. The number of aryl methyl sites for hydroxylation is 1. The van der Waals surface area contributed by atoms with Gasteiger partial charge in [-0.15, -0.1) is 0 Å². The topological polar surface area (TPSA) is 63.3 Å². The molecule has 2 rings (SSSR count). The smallest absolute Gasteiger partial charge is 0.374 e. The Morgan fingerprint density at radius 2 is 2.12 bits per heavy atom. The normalized spacial score (nSPS) is 10.4. The third kappa shape index (κ3) is 2.14. The Bertz CT molecular complexity index is 528. The number of hydrogen-bond donors (Lipinski definition) is 1. The van der Waals surface area contributed by atoms with Gasteiger partial charge in [0.2, 0.25) is 5.76 Å². The lowest BCUT2D eigenvalue weighted by Gasteiger charge is -1.99. The summed E-state index contributed by atoms with van der Waals surface area (Å²) < 4.78 is 5.61. The zero-order chi connectivity index (χ0) is 11.7. The maximum atomic E-state index is 10.6. The second-order valence-corrected chi connectivity index (χ2v) is 4.31. The summed E-state index contributed by atoms with van der Waals surface area (Å²) in [6, 6.07) is 7.13. The van der Waals surface area contributed by atoms with E-state index in [1.165, 1.54) is 6.07 Å². The predicted molar refractivity (Wildman–Crippen MR) is 61.3 cm³/mol. The van der Waals surface area contributed by atoms with Gasteiger partial charge in [0.1, 0.15) is 5.69 Å². The molecule has 0 saturated heterocycles. The van der Waals surface area contributed by atoms with E-state index in [2.05, 4.69) is 21.1 Å². The first-order valence-corrected chi connectivity index (χ1v) is 5.33. The molecule has 1 aromatic heterocycles. The van der Waals surface area contributed by atoms with Crippen LogP contribution in [-0.4, -0.2) is 16.2 Å². The van der Waals surface area contributed by atoms with Gasteiger partial charge >= 0.3 is 5.97 Å². The summed E-state index contributed by atoms with van der Waals surface area (Å²) in [4.78, 5) is 10.6. The first-order valence-electron chi connectivity index (χ1n) is 4.54. The number of benzene rings is 1. The van der Waals surface area contributed by atoms with Gasteiger partial charge in [-0.05, 0) is 30.7 Å². The van der Waals surface area contributed by atoms with E-state index in [1.54, 1.807) is 0 Å². The Morgan fingerprint density at radius 3 is 2.69 bits per heavy atom. The molecule has 0 radical (unpaired) electrons. The molecule has 5 heteroatoms. The van der Waals surface area contributed by atoms with Crippen molar-refractivity contribution in [3.8, 4) is 11.3 Å². The van der Waals surface area contributed by atoms with E-state index in [4.69, 9.17) is 9.63 Å². The number of aromatic carboxylic acids is 1. The molecule has 0 bridgehead atoms. The third-order valence-electron chi connectivity index (χ3n) is 2.06. The molecule has 0 aliphatic rings. The molecule has 82 valence electrons. The Labute approximate surface area is 100 Å². The van der Waals surface area contributed by atoms with Gasteiger partial charge in [-0.3, -0.25) is 0 Å². The molecular formula is C11H8BrNO3. The van der Waals surface area contributed by atoms with Crippen molar-refractivity contribution in [3.63, 3.8) is 0 Å². The zero-order valence-electron chi connectivity index (χ0n) is 8.40. The summed E-state index contributed by atoms with van der Waals surface area (Å²) in [5, 5.41) is 12.4. The summed E-state index contributed by atoms with van der Waals surface area (Å²) in [7, 11) is 0. The molecule has 0 saturated carbocycles. The third-order valence-corrected chi connectivity index (χ3v) is 2.52. The van der Waals surface area contributed by atoms with Gasteiger partial charge < -0.3 is 9.63 Å². The SMILES string of the molecule is Cc1cc(Br)cc(-c2cc(C(=O)O)on2)c1. The molecular weight excluding hydrogens is 274 g/mol. The molecule has 2 aromatic rings. The number of carbonyl (C=O) groups is 1. The average Bonchev–Trinajstić information content (AvgIpc) is 2.64. The van der Waals surface area contributed by atoms with Gasteiger partial charge in [-0.25, -0.2) is 4.79 Å². The number of hydrogen-bond acceptors (Lipinski definition) is 3. The zero-order valence-corrected chi connectivity index (χ0v) is 9.98. The fraction of sp³-hybridized carbons (Fsp3) is 0.0909. The lowest BCUT2D eigenvalue weighted by molar-refractivity contribution is 0.0652. The fourth-order valence-electron chi connectivity index (χ4n) is 1.40. The van der Waals surface area contributed by atoms with Crippen LogP contribution in [0.3, 0.4) is 0 Å². The molecule has 0 amide bonds. The second-order valence-electron chi connectivity index (χ2n) is 3.40. The summed E-state index contributed by atoms with van der Waals surface area (Å²) >= 11 is 3.37. The second kappa shape index (κ2) is 4.09. The van der Waals surface area contributed by atoms with Crippen LogP contribution in [0.5, 0.6) is 0 Å². The summed E-state index contributed by atoms with van der Waals surface area (Å²) in [5.41, 5.74) is 2.40. The van der Waals surface area contributed by atoms with E-state index < -0.39 is 5.97 Å². The summed E-state index contributed by atoms with van der Waals surface area (Å²) in [5.74, 6) is -1.28. The van der Waals surface area contributed by atoms with Gasteiger partial charge in [0, 0.05) is 16.1 Å². The Kier molecular flexibility index (Phi) is 2.78. The van der Waals surface area contributed by atoms with Crippen molar-refractivity contribution in [1.29, 1.82) is 0 Å². The van der Waals surface area contributed by atoms with Crippen LogP contribution in [0.15, 0.2) is 33.3 Å². The van der Waals surface area contributed by atoms with Crippen molar-refractivity contribution in [3.05, 3.63) is 40.1 Å². The maximum absolute atomic E-state index is 10.6. The predicted octanol–water partition coefficient (Wildman–Crippen LogP) is 3.11. The Morgan fingerprint density at radius 1 is 1.38 bits per heavy atom. The standard InChI is InChI=1S/C11H8BrNO3/c1-6-2-7(4-8(12)3-6)9-5-10(11(14)15)16-13-9/h2-5H,1H3,(H,14,15). The van der Waals surface area contributed by atoms with Crippen LogP contribution >= 0.6 is 15.9 Å². The monoisotopic (exact) mass is 281 g/mol. The molecule has 0 spiro atoms. The number of nitrogens with zero attached hydrogens (tertiary/aromatic N) is 1. The van der Waals surface area contributed by atoms with E-state index in [-0.39, 0.29) is 5.76 Å². The highest BCUT2D eigenvalue weighted by atomic mass is 79.9. The van der Waals surface area contributed by atoms with Gasteiger partial charge in [0.15, 0.2) is 0 Å². The highest BCUT2D eigenvalue weighted by molar-refractivity contribution is 9.10. The number of carboxylic acid groups (broad SMARTS) is 1. The average molecular weight is 282 g/mol. The van der Waals surface area contributed by atoms with E-state index in [0.29, 0.717) is 5.69 Å². The number of aromatic nitrogens is 1. The number of rotatable bonds is 2. The molecule has 1 N–H and O–H groups in total. The lowest BCUT2D eigenvalue weighted by Crippen LogP contribution is -1.91. The van der Waals surface area contributed by atoms with E-state index >= 15 is 0 Å². The minimum absolute atomic E-state index is 0.160. The Balaban J connectivity index is 2.46. The number of carboxylic acids is 1. The quantitative estimate of drug-likeness (QED) is 0.919. The number of halogens is 1. The van der Waals surface area contributed by atoms with E-state index in [0.717, 1.165) is 15.6 Å². The van der Waals surface area contributed by atoms with E-state index in [1.807, 2.05) is 25.1 Å². The summed E-state index contributed by atoms with van der Waals surface area (Å²) in [6.07, 6.45) is 0. The fourth-order valence-corrected chi connectivity index (χ4v) is 2.00. The highest BCUT2D eigenvalue weighted by Crippen LogP contribution is 2.24. The van der Waals surface area contributed by atoms with Crippen LogP contribution < -0.4 is 0 Å². The molecule has 1 heterocycles. The van der Waals surface area contributed by atoms with Crippen molar-refractivity contribution in [2.45, 2.75) is 6.92 Å². The molecule has 0 unspecified atom stereocenters. The first kappa shape index (κ1) is 10.9. The Hall–Kier alpha value is -1.62. The van der Waals surface area contributed by atoms with E-state index in [9.17, 15) is 4.79 Å². The lowest BCUT2D eigenvalue weighted by atomic mass is 10.1. The molecule has 4 nitrogen and oxygen atoms in total. The largest absolute Gasteiger partial charge is 0.475 e. The van der Waals surface area contributed by atoms with Crippen LogP contribution in [-0.2, 0) is 0 Å². The molecule has 1 aromatic carbocycles. The van der Waals surface area contributed by atoms with Crippen molar-refractivity contribution >= 4 is 21.9 Å². The van der Waals surface area contributed by atoms with Crippen LogP contribution in [0.25, 0.3) is 11.3 Å². The van der Waals surface area contributed by atoms with Gasteiger partial charge in [0.05, 0.1) is 0 Å². The molecule has 0 fully saturated rings. The first-order chi connectivity index (χ1) is 7.56. The minimum Gasteiger partial charge on any atom is -0.475 e. The molecule has 0 aliphatic carbocycles. The van der Waals surface area contributed by atoms with Gasteiger partial charge in [-0.1, -0.05) is 21.1 Å². The van der Waals surface area contributed by atoms with Gasteiger partial charge in [0.25, 0.3) is 0 Å². The van der Waals surface area contributed by atoms with Crippen molar-refractivity contribution in [2.24, 2.45) is 0 Å². The maximum Gasteiger partial charge on any atom is 0.374 e. The van der Waals surface area contributed by atoms with Crippen molar-refractivity contribution < 1.29 is 14.4 Å². The minimum atomic E-state index is -1.12. The van der Waals surface area contributed by atoms with Crippen LogP contribution in [0.4, 0.5) is 0 Å². The van der Waals surface area contributed by atoms with Crippen molar-refractivity contribution in [1.82, 2.24) is 5.16 Å². The van der Waals surface area contributed by atoms with Crippen LogP contribution in [0.1, 0.15) is 16.1 Å². The molecule has 0 atom stereocenters. The molecule has 16 heavy (non-hydrogen) atoms. The van der Waals surface area contributed by atoms with Crippen LogP contribution in [0, 0.1) is 6.92 Å². The van der Waals surface area contributed by atoms with Gasteiger partial charge in [-0.2, -0.15) is 0 Å². The summed E-state index contributed by atoms with van der Waals surface area (Å²) in [6.45, 7) is 1.95. The van der Waals surface area contributed by atoms with Crippen molar-refractivity contribution in [2.75, 3.05) is 0 Å².